The summed E-state index contributed by atoms with van der Waals surface area (Å²) in [6.45, 7) is 2.78. The van der Waals surface area contributed by atoms with Crippen LogP contribution in [0.2, 0.25) is 0 Å². The van der Waals surface area contributed by atoms with Crippen LogP contribution in [0.4, 0.5) is 0 Å². The van der Waals surface area contributed by atoms with Crippen LogP contribution in [-0.2, 0) is 13.0 Å². The summed E-state index contributed by atoms with van der Waals surface area (Å²) in [6, 6.07) is 0.155. The number of carbonyl (C=O) groups excluding carboxylic acids is 1. The Hall–Kier alpha value is -2.11. The number of hydrogen-bond acceptors (Lipinski definition) is 3. The molecule has 0 saturated heterocycles. The lowest BCUT2D eigenvalue weighted by Gasteiger charge is -2.24. The SMILES string of the molecule is Cc1cn2c(n1)CCC(NC(=O)c1cnc[nH]1)C2. The van der Waals surface area contributed by atoms with Gasteiger partial charge in [-0.2, -0.15) is 0 Å². The van der Waals surface area contributed by atoms with Gasteiger partial charge in [-0.25, -0.2) is 9.97 Å². The van der Waals surface area contributed by atoms with Gasteiger partial charge in [0.25, 0.3) is 5.91 Å². The maximum absolute atomic E-state index is 11.9. The van der Waals surface area contributed by atoms with Crippen LogP contribution >= 0.6 is 0 Å². The first-order valence-corrected chi connectivity index (χ1v) is 6.04. The Bertz CT molecular complexity index is 557. The molecule has 0 bridgehead atoms. The largest absolute Gasteiger partial charge is 0.346 e. The van der Waals surface area contributed by atoms with Crippen molar-refractivity contribution in [2.45, 2.75) is 32.4 Å². The van der Waals surface area contributed by atoms with Gasteiger partial charge in [0, 0.05) is 25.2 Å². The van der Waals surface area contributed by atoms with Crippen molar-refractivity contribution in [2.75, 3.05) is 0 Å². The molecule has 1 amide bonds. The zero-order valence-electron chi connectivity index (χ0n) is 10.2. The Morgan fingerprint density at radius 2 is 2.50 bits per heavy atom. The van der Waals surface area contributed by atoms with Gasteiger partial charge in [-0.05, 0) is 13.3 Å². The van der Waals surface area contributed by atoms with Gasteiger partial charge < -0.3 is 14.9 Å². The number of nitrogens with one attached hydrogen (secondary N) is 2. The number of hydrogen-bond donors (Lipinski definition) is 2. The molecule has 6 heteroatoms. The highest BCUT2D eigenvalue weighted by Gasteiger charge is 2.21. The van der Waals surface area contributed by atoms with E-state index in [-0.39, 0.29) is 11.9 Å². The maximum atomic E-state index is 11.9. The minimum Gasteiger partial charge on any atom is -0.346 e. The molecule has 94 valence electrons. The number of aromatic amines is 1. The van der Waals surface area contributed by atoms with Crippen molar-refractivity contribution >= 4 is 5.91 Å². The van der Waals surface area contributed by atoms with Crippen LogP contribution < -0.4 is 5.32 Å². The minimum absolute atomic E-state index is 0.0993. The smallest absolute Gasteiger partial charge is 0.269 e. The molecule has 0 radical (unpaired) electrons. The number of carbonyl (C=O) groups is 1. The summed E-state index contributed by atoms with van der Waals surface area (Å²) in [5.74, 6) is 1.01. The quantitative estimate of drug-likeness (QED) is 0.816. The maximum Gasteiger partial charge on any atom is 0.269 e. The number of amides is 1. The zero-order valence-corrected chi connectivity index (χ0v) is 10.2. The molecule has 0 saturated carbocycles. The number of aromatic nitrogens is 4. The molecule has 0 spiro atoms. The lowest BCUT2D eigenvalue weighted by molar-refractivity contribution is 0.0923. The van der Waals surface area contributed by atoms with Crippen molar-refractivity contribution in [1.29, 1.82) is 0 Å². The molecule has 1 unspecified atom stereocenters. The average molecular weight is 245 g/mol. The summed E-state index contributed by atoms with van der Waals surface area (Å²) in [7, 11) is 0. The molecule has 3 heterocycles. The van der Waals surface area contributed by atoms with Gasteiger partial charge in [-0.3, -0.25) is 4.79 Å². The van der Waals surface area contributed by atoms with Crippen molar-refractivity contribution in [3.8, 4) is 0 Å². The van der Waals surface area contributed by atoms with Gasteiger partial charge in [0.1, 0.15) is 11.5 Å². The summed E-state index contributed by atoms with van der Waals surface area (Å²) in [5, 5.41) is 3.01. The Morgan fingerprint density at radius 1 is 1.61 bits per heavy atom. The van der Waals surface area contributed by atoms with Crippen LogP contribution in [-0.4, -0.2) is 31.5 Å². The first-order valence-electron chi connectivity index (χ1n) is 6.04. The minimum atomic E-state index is -0.0993. The standard InChI is InChI=1S/C12H15N5O/c1-8-5-17-6-9(2-3-11(17)15-8)16-12(18)10-4-13-7-14-10/h4-5,7,9H,2-3,6H2,1H3,(H,13,14)(H,16,18). The van der Waals surface area contributed by atoms with Crippen molar-refractivity contribution in [2.24, 2.45) is 0 Å². The molecule has 2 aromatic heterocycles. The average Bonchev–Trinajstić information content (AvgIpc) is 2.95. The predicted molar refractivity (Wildman–Crippen MR) is 65.1 cm³/mol. The molecule has 3 rings (SSSR count). The van der Waals surface area contributed by atoms with Crippen LogP contribution in [0.15, 0.2) is 18.7 Å². The van der Waals surface area contributed by atoms with Gasteiger partial charge in [0.05, 0.1) is 18.2 Å². The Labute approximate surface area is 104 Å². The summed E-state index contributed by atoms with van der Waals surface area (Å²) in [4.78, 5) is 23.0. The fourth-order valence-electron chi connectivity index (χ4n) is 2.35. The fourth-order valence-corrected chi connectivity index (χ4v) is 2.35. The first-order chi connectivity index (χ1) is 8.72. The lowest BCUT2D eigenvalue weighted by atomic mass is 10.1. The molecular formula is C12H15N5O. The van der Waals surface area contributed by atoms with E-state index in [2.05, 4.69) is 24.8 Å². The number of aryl methyl sites for hydroxylation is 2. The number of imidazole rings is 2. The van der Waals surface area contributed by atoms with Gasteiger partial charge >= 0.3 is 0 Å². The van der Waals surface area contributed by atoms with E-state index in [4.69, 9.17) is 0 Å². The van der Waals surface area contributed by atoms with Gasteiger partial charge in [-0.1, -0.05) is 0 Å². The number of nitrogens with zero attached hydrogens (tertiary/aromatic N) is 3. The molecule has 0 aliphatic carbocycles. The van der Waals surface area contributed by atoms with Gasteiger partial charge in [0.15, 0.2) is 0 Å². The highest BCUT2D eigenvalue weighted by Crippen LogP contribution is 2.15. The second kappa shape index (κ2) is 4.29. The van der Waals surface area contributed by atoms with Gasteiger partial charge in [-0.15, -0.1) is 0 Å². The van der Waals surface area contributed by atoms with Crippen LogP contribution in [0.1, 0.15) is 28.4 Å². The summed E-state index contributed by atoms with van der Waals surface area (Å²) in [5.41, 5.74) is 1.54. The van der Waals surface area contributed by atoms with Crippen LogP contribution in [0.3, 0.4) is 0 Å². The molecule has 18 heavy (non-hydrogen) atoms. The summed E-state index contributed by atoms with van der Waals surface area (Å²) in [6.07, 6.45) is 6.90. The molecule has 1 aliphatic rings. The van der Waals surface area contributed by atoms with Gasteiger partial charge in [0.2, 0.25) is 0 Å². The molecule has 2 aromatic rings. The van der Waals surface area contributed by atoms with Crippen LogP contribution in [0, 0.1) is 6.92 Å². The number of H-pyrrole nitrogens is 1. The van der Waals surface area contributed by atoms with E-state index in [0.29, 0.717) is 5.69 Å². The molecular weight excluding hydrogens is 230 g/mol. The van der Waals surface area contributed by atoms with Crippen LogP contribution in [0.5, 0.6) is 0 Å². The van der Waals surface area contributed by atoms with E-state index in [1.54, 1.807) is 0 Å². The van der Waals surface area contributed by atoms with Crippen LogP contribution in [0.25, 0.3) is 0 Å². The molecule has 1 atom stereocenters. The van der Waals surface area contributed by atoms with E-state index in [1.165, 1.54) is 12.5 Å². The predicted octanol–water partition coefficient (Wildman–Crippen LogP) is 0.659. The van der Waals surface area contributed by atoms with E-state index >= 15 is 0 Å². The topological polar surface area (TPSA) is 75.6 Å². The third kappa shape index (κ3) is 2.01. The first kappa shape index (κ1) is 11.0. The van der Waals surface area contributed by atoms with E-state index < -0.39 is 0 Å². The summed E-state index contributed by atoms with van der Waals surface area (Å²) < 4.78 is 2.12. The highest BCUT2D eigenvalue weighted by atomic mass is 16.2. The monoisotopic (exact) mass is 245 g/mol. The van der Waals surface area contributed by atoms with Crippen molar-refractivity contribution < 1.29 is 4.79 Å². The van der Waals surface area contributed by atoms with E-state index in [0.717, 1.165) is 30.9 Å². The number of fused-ring (bicyclic) bond motifs is 1. The molecule has 0 aromatic carbocycles. The Kier molecular flexibility index (Phi) is 2.62. The molecule has 6 nitrogen and oxygen atoms in total. The third-order valence-electron chi connectivity index (χ3n) is 3.19. The second-order valence-corrected chi connectivity index (χ2v) is 4.63. The lowest BCUT2D eigenvalue weighted by Crippen LogP contribution is -2.41. The third-order valence-corrected chi connectivity index (χ3v) is 3.19. The fraction of sp³-hybridized carbons (Fsp3) is 0.417. The van der Waals surface area contributed by atoms with Crippen molar-refractivity contribution in [1.82, 2.24) is 24.8 Å². The van der Waals surface area contributed by atoms with E-state index in [9.17, 15) is 4.79 Å². The van der Waals surface area contributed by atoms with Crippen molar-refractivity contribution in [3.63, 3.8) is 0 Å². The van der Waals surface area contributed by atoms with Crippen molar-refractivity contribution in [3.05, 3.63) is 35.9 Å². The Morgan fingerprint density at radius 3 is 3.28 bits per heavy atom. The Balaban J connectivity index is 1.68. The van der Waals surface area contributed by atoms with E-state index in [1.807, 2.05) is 13.1 Å². The summed E-state index contributed by atoms with van der Waals surface area (Å²) >= 11 is 0. The zero-order chi connectivity index (χ0) is 12.5. The second-order valence-electron chi connectivity index (χ2n) is 4.63. The normalized spacial score (nSPS) is 18.4. The molecule has 0 fully saturated rings. The molecule has 2 N–H and O–H groups in total. The highest BCUT2D eigenvalue weighted by molar-refractivity contribution is 5.92. The number of rotatable bonds is 2. The molecule has 1 aliphatic heterocycles.